The van der Waals surface area contributed by atoms with Gasteiger partial charge in [-0.05, 0) is 42.5 Å². The van der Waals surface area contributed by atoms with Crippen LogP contribution in [0.2, 0.25) is 5.02 Å². The summed E-state index contributed by atoms with van der Waals surface area (Å²) in [6, 6.07) is 12.8. The van der Waals surface area contributed by atoms with Crippen LogP contribution in [0.4, 0.5) is 5.69 Å². The minimum Gasteiger partial charge on any atom is -0.357 e. The van der Waals surface area contributed by atoms with Crippen LogP contribution < -0.4 is 10.3 Å². The molecular weight excluding hydrogens is 362 g/mol. The Labute approximate surface area is 147 Å². The van der Waals surface area contributed by atoms with Crippen molar-refractivity contribution in [1.29, 1.82) is 0 Å². The molecule has 25 heavy (non-hydrogen) atoms. The summed E-state index contributed by atoms with van der Waals surface area (Å²) in [6.45, 7) is 0. The van der Waals surface area contributed by atoms with Crippen molar-refractivity contribution in [2.24, 2.45) is 0 Å². The molecule has 0 aliphatic rings. The molecule has 0 amide bonds. The van der Waals surface area contributed by atoms with Crippen LogP contribution in [-0.4, -0.2) is 18.4 Å². The molecule has 8 heteroatoms. The lowest BCUT2D eigenvalue weighted by molar-refractivity contribution is 0.601. The second kappa shape index (κ2) is 5.65. The molecule has 0 radical (unpaired) electrons. The van der Waals surface area contributed by atoms with Crippen molar-refractivity contribution in [3.05, 3.63) is 70.1 Å². The third-order valence-electron chi connectivity index (χ3n) is 3.89. The topological polar surface area (TPSA) is 94.8 Å². The Morgan fingerprint density at radius 3 is 2.64 bits per heavy atom. The van der Waals surface area contributed by atoms with E-state index >= 15 is 0 Å². The molecule has 4 aromatic rings. The van der Waals surface area contributed by atoms with E-state index in [0.29, 0.717) is 32.5 Å². The predicted molar refractivity (Wildman–Crippen MR) is 98.7 cm³/mol. The SMILES string of the molecule is O=c1[nH]c2ccc(S(=O)(=O)Nc3cccc(Cl)c3)cc2c2cc[nH]c12. The number of halogens is 1. The first kappa shape index (κ1) is 15.7. The van der Waals surface area contributed by atoms with Crippen LogP contribution >= 0.6 is 11.6 Å². The highest BCUT2D eigenvalue weighted by Crippen LogP contribution is 2.25. The smallest absolute Gasteiger partial charge is 0.272 e. The molecule has 0 aliphatic carbocycles. The van der Waals surface area contributed by atoms with Gasteiger partial charge in [-0.25, -0.2) is 8.42 Å². The number of sulfonamides is 1. The van der Waals surface area contributed by atoms with Gasteiger partial charge in [0.2, 0.25) is 0 Å². The van der Waals surface area contributed by atoms with Crippen LogP contribution in [0, 0.1) is 0 Å². The fraction of sp³-hybridized carbons (Fsp3) is 0. The van der Waals surface area contributed by atoms with E-state index in [9.17, 15) is 13.2 Å². The maximum atomic E-state index is 12.7. The van der Waals surface area contributed by atoms with Crippen molar-refractivity contribution in [2.75, 3.05) is 4.72 Å². The summed E-state index contributed by atoms with van der Waals surface area (Å²) in [5, 5.41) is 1.74. The maximum absolute atomic E-state index is 12.7. The van der Waals surface area contributed by atoms with Crippen molar-refractivity contribution in [2.45, 2.75) is 4.90 Å². The molecule has 0 atom stereocenters. The van der Waals surface area contributed by atoms with E-state index < -0.39 is 10.0 Å². The molecule has 0 saturated heterocycles. The van der Waals surface area contributed by atoms with Crippen LogP contribution in [0.3, 0.4) is 0 Å². The number of hydrogen-bond donors (Lipinski definition) is 3. The average Bonchev–Trinajstić information content (AvgIpc) is 3.05. The number of pyridine rings is 1. The molecule has 2 aromatic heterocycles. The third kappa shape index (κ3) is 2.77. The second-order valence-electron chi connectivity index (χ2n) is 5.54. The second-order valence-corrected chi connectivity index (χ2v) is 7.66. The molecule has 0 unspecified atom stereocenters. The number of fused-ring (bicyclic) bond motifs is 3. The molecule has 0 bridgehead atoms. The van der Waals surface area contributed by atoms with E-state index in [4.69, 9.17) is 11.6 Å². The standard InChI is InChI=1S/C17H12ClN3O3S/c18-10-2-1-3-11(8-10)21-25(23,24)12-4-5-15-14(9-12)13-6-7-19-16(13)17(22)20-15/h1-9,19,21H,(H,20,22). The lowest BCUT2D eigenvalue weighted by Gasteiger charge is -2.09. The molecule has 2 heterocycles. The van der Waals surface area contributed by atoms with Crippen LogP contribution in [0.1, 0.15) is 0 Å². The van der Waals surface area contributed by atoms with E-state index in [-0.39, 0.29) is 10.5 Å². The molecule has 0 saturated carbocycles. The Bertz CT molecular complexity index is 1280. The number of H-pyrrole nitrogens is 2. The predicted octanol–water partition coefficient (Wildman–Crippen LogP) is 3.46. The fourth-order valence-electron chi connectivity index (χ4n) is 2.75. The number of anilines is 1. The largest absolute Gasteiger partial charge is 0.357 e. The average molecular weight is 374 g/mol. The number of benzene rings is 2. The summed E-state index contributed by atoms with van der Waals surface area (Å²) in [7, 11) is -3.79. The summed E-state index contributed by atoms with van der Waals surface area (Å²) in [5.74, 6) is 0. The normalized spacial score (nSPS) is 11.9. The lowest BCUT2D eigenvalue weighted by Crippen LogP contribution is -2.13. The van der Waals surface area contributed by atoms with Crippen molar-refractivity contribution in [3.8, 4) is 0 Å². The van der Waals surface area contributed by atoms with E-state index in [1.54, 1.807) is 36.5 Å². The summed E-state index contributed by atoms with van der Waals surface area (Å²) < 4.78 is 27.8. The number of aromatic nitrogens is 2. The molecule has 4 rings (SSSR count). The minimum absolute atomic E-state index is 0.0922. The zero-order valence-electron chi connectivity index (χ0n) is 12.7. The van der Waals surface area contributed by atoms with Gasteiger partial charge in [0.15, 0.2) is 0 Å². The Morgan fingerprint density at radius 2 is 1.84 bits per heavy atom. The maximum Gasteiger partial charge on any atom is 0.272 e. The first-order chi connectivity index (χ1) is 11.9. The highest BCUT2D eigenvalue weighted by molar-refractivity contribution is 7.92. The lowest BCUT2D eigenvalue weighted by atomic mass is 10.1. The van der Waals surface area contributed by atoms with Gasteiger partial charge in [-0.2, -0.15) is 0 Å². The van der Waals surface area contributed by atoms with Crippen LogP contribution in [0.5, 0.6) is 0 Å². The van der Waals surface area contributed by atoms with Crippen LogP contribution in [0.25, 0.3) is 21.8 Å². The van der Waals surface area contributed by atoms with Gasteiger partial charge in [-0.1, -0.05) is 17.7 Å². The Hall–Kier alpha value is -2.77. The van der Waals surface area contributed by atoms with E-state index in [1.165, 1.54) is 18.2 Å². The van der Waals surface area contributed by atoms with Gasteiger partial charge in [0.05, 0.1) is 10.6 Å². The van der Waals surface area contributed by atoms with E-state index in [0.717, 1.165) is 0 Å². The number of hydrogen-bond acceptors (Lipinski definition) is 3. The molecule has 0 spiro atoms. The van der Waals surface area contributed by atoms with Crippen LogP contribution in [-0.2, 0) is 10.0 Å². The molecular formula is C17H12ClN3O3S. The van der Waals surface area contributed by atoms with Gasteiger partial charge in [0.25, 0.3) is 15.6 Å². The van der Waals surface area contributed by atoms with Gasteiger partial charge in [0.1, 0.15) is 5.52 Å². The van der Waals surface area contributed by atoms with Crippen molar-refractivity contribution >= 4 is 49.1 Å². The summed E-state index contributed by atoms with van der Waals surface area (Å²) >= 11 is 5.89. The zero-order chi connectivity index (χ0) is 17.6. The van der Waals surface area contributed by atoms with Crippen LogP contribution in [0.15, 0.2) is 64.4 Å². The summed E-state index contributed by atoms with van der Waals surface area (Å²) in [4.78, 5) is 17.7. The summed E-state index contributed by atoms with van der Waals surface area (Å²) in [5.41, 5.74) is 1.10. The Morgan fingerprint density at radius 1 is 1.00 bits per heavy atom. The molecule has 126 valence electrons. The Kier molecular flexibility index (Phi) is 3.55. The molecule has 0 fully saturated rings. The van der Waals surface area contributed by atoms with Gasteiger partial charge in [0, 0.05) is 27.5 Å². The van der Waals surface area contributed by atoms with Crippen molar-refractivity contribution < 1.29 is 8.42 Å². The Balaban J connectivity index is 1.86. The van der Waals surface area contributed by atoms with Crippen molar-refractivity contribution in [1.82, 2.24) is 9.97 Å². The molecule has 3 N–H and O–H groups in total. The number of aromatic amines is 2. The monoisotopic (exact) mass is 373 g/mol. The highest BCUT2D eigenvalue weighted by atomic mass is 35.5. The van der Waals surface area contributed by atoms with Crippen molar-refractivity contribution in [3.63, 3.8) is 0 Å². The quantitative estimate of drug-likeness (QED) is 0.513. The number of rotatable bonds is 3. The number of nitrogens with one attached hydrogen (secondary N) is 3. The molecule has 6 nitrogen and oxygen atoms in total. The van der Waals surface area contributed by atoms with Gasteiger partial charge in [-0.3, -0.25) is 9.52 Å². The molecule has 0 aliphatic heterocycles. The minimum atomic E-state index is -3.79. The van der Waals surface area contributed by atoms with Gasteiger partial charge in [-0.15, -0.1) is 0 Å². The zero-order valence-corrected chi connectivity index (χ0v) is 14.3. The first-order valence-corrected chi connectivity index (χ1v) is 9.22. The highest BCUT2D eigenvalue weighted by Gasteiger charge is 2.16. The fourth-order valence-corrected chi connectivity index (χ4v) is 4.02. The first-order valence-electron chi connectivity index (χ1n) is 7.35. The molecule has 2 aromatic carbocycles. The van der Waals surface area contributed by atoms with Gasteiger partial charge >= 0.3 is 0 Å². The van der Waals surface area contributed by atoms with E-state index in [2.05, 4.69) is 14.7 Å². The summed E-state index contributed by atoms with van der Waals surface area (Å²) in [6.07, 6.45) is 1.64. The van der Waals surface area contributed by atoms with E-state index in [1.807, 2.05) is 0 Å². The van der Waals surface area contributed by atoms with Gasteiger partial charge < -0.3 is 9.97 Å². The third-order valence-corrected chi connectivity index (χ3v) is 5.50.